The standard InChI is InChI=1S/C21H18FN5O/c1-3-28-17-12-13(14-7-4-5-8-16(14)22)11-15-18(17)26-21(27-19(15)23-2)20-24-9-6-10-25-20/h4-12H,3H2,1-2H3,(H,23,26,27). The van der Waals surface area contributed by atoms with Gasteiger partial charge in [0.15, 0.2) is 11.6 Å². The van der Waals surface area contributed by atoms with Crippen molar-refractivity contribution in [2.75, 3.05) is 19.0 Å². The summed E-state index contributed by atoms with van der Waals surface area (Å²) in [5, 5.41) is 3.81. The van der Waals surface area contributed by atoms with Gasteiger partial charge in [0.1, 0.15) is 22.9 Å². The van der Waals surface area contributed by atoms with E-state index in [1.165, 1.54) is 6.07 Å². The maximum absolute atomic E-state index is 14.4. The first-order valence-corrected chi connectivity index (χ1v) is 8.90. The Bertz CT molecular complexity index is 1130. The van der Waals surface area contributed by atoms with Crippen LogP contribution in [0.1, 0.15) is 6.92 Å². The van der Waals surface area contributed by atoms with Gasteiger partial charge in [-0.2, -0.15) is 0 Å². The highest BCUT2D eigenvalue weighted by atomic mass is 19.1. The van der Waals surface area contributed by atoms with Gasteiger partial charge < -0.3 is 10.1 Å². The van der Waals surface area contributed by atoms with E-state index in [2.05, 4.69) is 25.3 Å². The molecule has 0 radical (unpaired) electrons. The third-order valence-electron chi connectivity index (χ3n) is 4.25. The Morgan fingerprint density at radius 3 is 2.50 bits per heavy atom. The molecule has 0 aliphatic carbocycles. The Morgan fingerprint density at radius 1 is 1.00 bits per heavy atom. The van der Waals surface area contributed by atoms with E-state index in [0.29, 0.717) is 46.5 Å². The van der Waals surface area contributed by atoms with Crippen molar-refractivity contribution in [3.8, 4) is 28.5 Å². The maximum atomic E-state index is 14.4. The number of benzene rings is 2. The van der Waals surface area contributed by atoms with E-state index in [-0.39, 0.29) is 5.82 Å². The van der Waals surface area contributed by atoms with Gasteiger partial charge in [0.2, 0.25) is 0 Å². The van der Waals surface area contributed by atoms with Gasteiger partial charge in [-0.25, -0.2) is 24.3 Å². The number of anilines is 1. The zero-order chi connectivity index (χ0) is 19.5. The number of nitrogens with zero attached hydrogens (tertiary/aromatic N) is 4. The largest absolute Gasteiger partial charge is 0.492 e. The molecule has 2 aromatic heterocycles. The number of halogens is 1. The second kappa shape index (κ2) is 7.56. The highest BCUT2D eigenvalue weighted by molar-refractivity contribution is 5.97. The van der Waals surface area contributed by atoms with E-state index in [1.807, 2.05) is 13.0 Å². The van der Waals surface area contributed by atoms with Crippen molar-refractivity contribution in [2.24, 2.45) is 0 Å². The lowest BCUT2D eigenvalue weighted by molar-refractivity contribution is 0.344. The highest BCUT2D eigenvalue weighted by Gasteiger charge is 2.17. The number of aromatic nitrogens is 4. The molecule has 140 valence electrons. The fourth-order valence-corrected chi connectivity index (χ4v) is 3.02. The number of rotatable bonds is 5. The number of ether oxygens (including phenoxy) is 1. The van der Waals surface area contributed by atoms with Gasteiger partial charge in [-0.3, -0.25) is 0 Å². The van der Waals surface area contributed by atoms with Gasteiger partial charge >= 0.3 is 0 Å². The van der Waals surface area contributed by atoms with E-state index in [0.717, 1.165) is 5.39 Å². The zero-order valence-corrected chi connectivity index (χ0v) is 15.5. The van der Waals surface area contributed by atoms with E-state index in [9.17, 15) is 4.39 Å². The molecule has 2 aromatic carbocycles. The van der Waals surface area contributed by atoms with Crippen LogP contribution in [0.5, 0.6) is 5.75 Å². The summed E-state index contributed by atoms with van der Waals surface area (Å²) in [7, 11) is 1.77. The van der Waals surface area contributed by atoms with Gasteiger partial charge in [-0.05, 0) is 36.8 Å². The molecule has 7 heteroatoms. The Hall–Kier alpha value is -3.61. The number of fused-ring (bicyclic) bond motifs is 1. The predicted molar refractivity (Wildman–Crippen MR) is 107 cm³/mol. The molecule has 0 amide bonds. The minimum atomic E-state index is -0.300. The summed E-state index contributed by atoms with van der Waals surface area (Å²) < 4.78 is 20.2. The number of hydrogen-bond donors (Lipinski definition) is 1. The molecule has 0 spiro atoms. The lowest BCUT2D eigenvalue weighted by Gasteiger charge is -2.14. The fourth-order valence-electron chi connectivity index (χ4n) is 3.02. The molecule has 0 unspecified atom stereocenters. The lowest BCUT2D eigenvalue weighted by Crippen LogP contribution is -2.03. The molecule has 2 heterocycles. The van der Waals surface area contributed by atoms with Crippen molar-refractivity contribution >= 4 is 16.7 Å². The van der Waals surface area contributed by atoms with Crippen molar-refractivity contribution in [1.82, 2.24) is 19.9 Å². The van der Waals surface area contributed by atoms with Crippen LogP contribution in [0.15, 0.2) is 54.9 Å². The first-order chi connectivity index (χ1) is 13.7. The third kappa shape index (κ3) is 3.22. The SMILES string of the molecule is CCOc1cc(-c2ccccc2F)cc2c(NC)nc(-c3ncccn3)nc12. The molecule has 0 bridgehead atoms. The molecule has 0 aliphatic rings. The van der Waals surface area contributed by atoms with Crippen molar-refractivity contribution in [1.29, 1.82) is 0 Å². The van der Waals surface area contributed by atoms with E-state index in [1.54, 1.807) is 49.8 Å². The molecular weight excluding hydrogens is 357 g/mol. The van der Waals surface area contributed by atoms with Crippen LogP contribution in [0.25, 0.3) is 33.7 Å². The zero-order valence-electron chi connectivity index (χ0n) is 15.5. The Balaban J connectivity index is 2.00. The fraction of sp³-hybridized carbons (Fsp3) is 0.143. The van der Waals surface area contributed by atoms with Crippen LogP contribution in [-0.2, 0) is 0 Å². The van der Waals surface area contributed by atoms with Crippen molar-refractivity contribution in [2.45, 2.75) is 6.92 Å². The molecule has 4 aromatic rings. The Labute approximate surface area is 161 Å². The predicted octanol–water partition coefficient (Wildman–Crippen LogP) is 4.33. The summed E-state index contributed by atoms with van der Waals surface area (Å²) in [5.41, 5.74) is 1.80. The van der Waals surface area contributed by atoms with E-state index < -0.39 is 0 Å². The van der Waals surface area contributed by atoms with Crippen LogP contribution in [-0.4, -0.2) is 33.6 Å². The molecule has 0 aliphatic heterocycles. The minimum absolute atomic E-state index is 0.300. The summed E-state index contributed by atoms with van der Waals surface area (Å²) in [4.78, 5) is 17.6. The highest BCUT2D eigenvalue weighted by Crippen LogP contribution is 2.36. The molecule has 0 saturated heterocycles. The minimum Gasteiger partial charge on any atom is -0.492 e. The summed E-state index contributed by atoms with van der Waals surface area (Å²) in [6.45, 7) is 2.34. The molecular formula is C21H18FN5O. The number of hydrogen-bond acceptors (Lipinski definition) is 6. The van der Waals surface area contributed by atoms with Gasteiger partial charge in [0.05, 0.1) is 6.61 Å². The molecule has 0 fully saturated rings. The maximum Gasteiger partial charge on any atom is 0.200 e. The van der Waals surface area contributed by atoms with Crippen molar-refractivity contribution in [3.63, 3.8) is 0 Å². The smallest absolute Gasteiger partial charge is 0.200 e. The molecule has 0 atom stereocenters. The molecule has 4 rings (SSSR count). The van der Waals surface area contributed by atoms with Crippen LogP contribution < -0.4 is 10.1 Å². The monoisotopic (exact) mass is 375 g/mol. The van der Waals surface area contributed by atoms with Crippen LogP contribution in [0.4, 0.5) is 10.2 Å². The van der Waals surface area contributed by atoms with Crippen LogP contribution in [0, 0.1) is 5.82 Å². The van der Waals surface area contributed by atoms with Crippen LogP contribution >= 0.6 is 0 Å². The van der Waals surface area contributed by atoms with Gasteiger partial charge in [-0.1, -0.05) is 18.2 Å². The van der Waals surface area contributed by atoms with Crippen molar-refractivity contribution in [3.05, 3.63) is 60.7 Å². The van der Waals surface area contributed by atoms with E-state index >= 15 is 0 Å². The first-order valence-electron chi connectivity index (χ1n) is 8.90. The molecule has 1 N–H and O–H groups in total. The van der Waals surface area contributed by atoms with E-state index in [4.69, 9.17) is 4.74 Å². The van der Waals surface area contributed by atoms with Crippen molar-refractivity contribution < 1.29 is 9.13 Å². The first kappa shape index (κ1) is 17.8. The van der Waals surface area contributed by atoms with Gasteiger partial charge in [0.25, 0.3) is 0 Å². The Morgan fingerprint density at radius 2 is 1.79 bits per heavy atom. The topological polar surface area (TPSA) is 72.8 Å². The Kier molecular flexibility index (Phi) is 4.80. The normalized spacial score (nSPS) is 10.8. The third-order valence-corrected chi connectivity index (χ3v) is 4.25. The average Bonchev–Trinajstić information content (AvgIpc) is 2.74. The lowest BCUT2D eigenvalue weighted by atomic mass is 10.0. The summed E-state index contributed by atoms with van der Waals surface area (Å²) in [6, 6.07) is 12.0. The number of nitrogens with one attached hydrogen (secondary N) is 1. The molecule has 0 saturated carbocycles. The second-order valence-electron chi connectivity index (χ2n) is 6.00. The summed E-state index contributed by atoms with van der Waals surface area (Å²) in [6.07, 6.45) is 3.28. The second-order valence-corrected chi connectivity index (χ2v) is 6.00. The van der Waals surface area contributed by atoms with Crippen LogP contribution in [0.3, 0.4) is 0 Å². The molecule has 28 heavy (non-hydrogen) atoms. The van der Waals surface area contributed by atoms with Crippen LogP contribution in [0.2, 0.25) is 0 Å². The average molecular weight is 375 g/mol. The van der Waals surface area contributed by atoms with Gasteiger partial charge in [0, 0.05) is 30.4 Å². The summed E-state index contributed by atoms with van der Waals surface area (Å²) in [5.74, 6) is 1.64. The molecule has 6 nitrogen and oxygen atoms in total. The quantitative estimate of drug-likeness (QED) is 0.560. The summed E-state index contributed by atoms with van der Waals surface area (Å²) >= 11 is 0. The van der Waals surface area contributed by atoms with Gasteiger partial charge in [-0.15, -0.1) is 0 Å².